The number of carbonyl (C=O) groups is 2. The van der Waals surface area contributed by atoms with Crippen molar-refractivity contribution in [1.82, 2.24) is 10.2 Å². The highest BCUT2D eigenvalue weighted by atomic mass is 16.2. The van der Waals surface area contributed by atoms with Crippen LogP contribution in [0.1, 0.15) is 31.2 Å². The van der Waals surface area contributed by atoms with E-state index in [0.29, 0.717) is 6.42 Å². The van der Waals surface area contributed by atoms with Crippen molar-refractivity contribution in [3.63, 3.8) is 0 Å². The fourth-order valence-corrected chi connectivity index (χ4v) is 3.38. The Hall–Kier alpha value is -1.68. The molecule has 4 nitrogen and oxygen atoms in total. The molecule has 0 aliphatic carbocycles. The molecule has 21 heavy (non-hydrogen) atoms. The molecule has 2 atom stereocenters. The van der Waals surface area contributed by atoms with Gasteiger partial charge in [0, 0.05) is 13.0 Å². The molecule has 1 aromatic carbocycles. The molecule has 2 aliphatic rings. The lowest BCUT2D eigenvalue weighted by Crippen LogP contribution is -2.48. The normalized spacial score (nSPS) is 25.2. The van der Waals surface area contributed by atoms with Crippen molar-refractivity contribution in [2.24, 2.45) is 0 Å². The summed E-state index contributed by atoms with van der Waals surface area (Å²) in [5, 5.41) is 3.24. The van der Waals surface area contributed by atoms with Crippen molar-refractivity contribution in [1.29, 1.82) is 0 Å². The van der Waals surface area contributed by atoms with Gasteiger partial charge < -0.3 is 10.2 Å². The van der Waals surface area contributed by atoms with Gasteiger partial charge in [-0.2, -0.15) is 0 Å². The van der Waals surface area contributed by atoms with Crippen LogP contribution in [0.5, 0.6) is 0 Å². The minimum atomic E-state index is -0.222. The molecule has 0 bridgehead atoms. The van der Waals surface area contributed by atoms with Gasteiger partial charge >= 0.3 is 0 Å². The number of rotatable bonds is 4. The molecular formula is C17H22N2O2. The van der Waals surface area contributed by atoms with Gasteiger partial charge in [-0.1, -0.05) is 30.3 Å². The molecule has 2 fully saturated rings. The number of ketones is 1. The van der Waals surface area contributed by atoms with Gasteiger partial charge in [0.1, 0.15) is 0 Å². The number of likely N-dealkylation sites (tertiary alicyclic amines) is 1. The minimum absolute atomic E-state index is 0.0740. The second kappa shape index (κ2) is 6.39. The average Bonchev–Trinajstić information content (AvgIpc) is 3.19. The molecule has 3 rings (SSSR count). The smallest absolute Gasteiger partial charge is 0.240 e. The second-order valence-electron chi connectivity index (χ2n) is 5.97. The number of nitrogens with zero attached hydrogens (tertiary/aromatic N) is 1. The van der Waals surface area contributed by atoms with Crippen molar-refractivity contribution in [2.45, 2.75) is 44.2 Å². The third-order valence-electron chi connectivity index (χ3n) is 4.49. The first kappa shape index (κ1) is 14.3. The predicted molar refractivity (Wildman–Crippen MR) is 80.9 cm³/mol. The molecule has 1 aromatic rings. The van der Waals surface area contributed by atoms with E-state index < -0.39 is 0 Å². The number of benzene rings is 1. The number of hydrogen-bond acceptors (Lipinski definition) is 3. The summed E-state index contributed by atoms with van der Waals surface area (Å²) in [6.07, 6.45) is 4.11. The van der Waals surface area contributed by atoms with Crippen molar-refractivity contribution in [3.8, 4) is 0 Å². The zero-order chi connectivity index (χ0) is 14.7. The van der Waals surface area contributed by atoms with Crippen molar-refractivity contribution >= 4 is 11.7 Å². The lowest BCUT2D eigenvalue weighted by molar-refractivity contribution is -0.138. The Kier molecular flexibility index (Phi) is 4.34. The molecule has 1 amide bonds. The maximum absolute atomic E-state index is 12.5. The van der Waals surface area contributed by atoms with Gasteiger partial charge in [0.2, 0.25) is 5.91 Å². The number of amides is 1. The maximum Gasteiger partial charge on any atom is 0.240 e. The Morgan fingerprint density at radius 2 is 1.95 bits per heavy atom. The molecule has 2 aliphatic heterocycles. The standard InChI is InChI=1S/C17H22N2O2/c20-16(12-13-6-2-1-3-7-13)15-9-5-11-19(15)17(21)14-8-4-10-18-14/h1-3,6-7,14-15,18H,4-5,8-12H2/t14-,15?/m0/s1. The molecule has 1 N–H and O–H groups in total. The molecule has 2 heterocycles. The van der Waals surface area contributed by atoms with Crippen LogP contribution in [0, 0.1) is 0 Å². The maximum atomic E-state index is 12.5. The van der Waals surface area contributed by atoms with Crippen LogP contribution in [0.15, 0.2) is 30.3 Å². The van der Waals surface area contributed by atoms with E-state index in [1.807, 2.05) is 35.2 Å². The van der Waals surface area contributed by atoms with Gasteiger partial charge in [0.05, 0.1) is 12.1 Å². The molecule has 1 unspecified atom stereocenters. The first-order chi connectivity index (χ1) is 10.3. The van der Waals surface area contributed by atoms with E-state index in [1.54, 1.807) is 0 Å². The Morgan fingerprint density at radius 3 is 2.67 bits per heavy atom. The monoisotopic (exact) mass is 286 g/mol. The number of nitrogens with one attached hydrogen (secondary N) is 1. The molecule has 0 spiro atoms. The van der Waals surface area contributed by atoms with Gasteiger partial charge in [-0.3, -0.25) is 9.59 Å². The average molecular weight is 286 g/mol. The van der Waals surface area contributed by atoms with Gasteiger partial charge in [0.25, 0.3) is 0 Å². The van der Waals surface area contributed by atoms with Crippen LogP contribution >= 0.6 is 0 Å². The highest BCUT2D eigenvalue weighted by molar-refractivity contribution is 5.92. The van der Waals surface area contributed by atoms with Crippen LogP contribution in [-0.2, 0) is 16.0 Å². The molecule has 0 aromatic heterocycles. The van der Waals surface area contributed by atoms with Crippen LogP contribution in [0.25, 0.3) is 0 Å². The van der Waals surface area contributed by atoms with Crippen LogP contribution in [0.3, 0.4) is 0 Å². The fourth-order valence-electron chi connectivity index (χ4n) is 3.38. The van der Waals surface area contributed by atoms with Crippen LogP contribution < -0.4 is 5.32 Å². The van der Waals surface area contributed by atoms with E-state index in [2.05, 4.69) is 5.32 Å². The summed E-state index contributed by atoms with van der Waals surface area (Å²) in [5.74, 6) is 0.293. The van der Waals surface area contributed by atoms with E-state index in [9.17, 15) is 9.59 Å². The van der Waals surface area contributed by atoms with E-state index in [-0.39, 0.29) is 23.8 Å². The first-order valence-corrected chi connectivity index (χ1v) is 7.86. The topological polar surface area (TPSA) is 49.4 Å². The van der Waals surface area contributed by atoms with Crippen molar-refractivity contribution < 1.29 is 9.59 Å². The lowest BCUT2D eigenvalue weighted by atomic mass is 10.0. The van der Waals surface area contributed by atoms with Gasteiger partial charge in [-0.25, -0.2) is 0 Å². The van der Waals surface area contributed by atoms with Gasteiger partial charge in [-0.05, 0) is 37.8 Å². The zero-order valence-corrected chi connectivity index (χ0v) is 12.3. The lowest BCUT2D eigenvalue weighted by Gasteiger charge is -2.26. The summed E-state index contributed by atoms with van der Waals surface area (Å²) < 4.78 is 0. The zero-order valence-electron chi connectivity index (χ0n) is 12.3. The SMILES string of the molecule is O=C(Cc1ccccc1)C1CCCN1C(=O)[C@@H]1CCCN1. The quantitative estimate of drug-likeness (QED) is 0.913. The van der Waals surface area contributed by atoms with Crippen LogP contribution in [0.2, 0.25) is 0 Å². The summed E-state index contributed by atoms with van der Waals surface area (Å²) in [6, 6.07) is 9.49. The summed E-state index contributed by atoms with van der Waals surface area (Å²) in [6.45, 7) is 1.63. The molecule has 4 heteroatoms. The third-order valence-corrected chi connectivity index (χ3v) is 4.49. The molecular weight excluding hydrogens is 264 g/mol. The van der Waals surface area contributed by atoms with E-state index >= 15 is 0 Å². The summed E-state index contributed by atoms with van der Waals surface area (Å²) in [7, 11) is 0. The number of Topliss-reactive ketones (excluding diaryl/α,β-unsaturated/α-hetero) is 1. The highest BCUT2D eigenvalue weighted by Crippen LogP contribution is 2.22. The summed E-state index contributed by atoms with van der Waals surface area (Å²) >= 11 is 0. The van der Waals surface area contributed by atoms with E-state index in [1.165, 1.54) is 0 Å². The Morgan fingerprint density at radius 1 is 1.14 bits per heavy atom. The summed E-state index contributed by atoms with van der Waals surface area (Å²) in [5.41, 5.74) is 1.03. The highest BCUT2D eigenvalue weighted by Gasteiger charge is 2.37. The predicted octanol–water partition coefficient (Wildman–Crippen LogP) is 1.54. The molecule has 112 valence electrons. The molecule has 2 saturated heterocycles. The molecule has 0 radical (unpaired) electrons. The van der Waals surface area contributed by atoms with Gasteiger partial charge in [-0.15, -0.1) is 0 Å². The fraction of sp³-hybridized carbons (Fsp3) is 0.529. The summed E-state index contributed by atoms with van der Waals surface area (Å²) in [4.78, 5) is 26.9. The first-order valence-electron chi connectivity index (χ1n) is 7.86. The van der Waals surface area contributed by atoms with E-state index in [4.69, 9.17) is 0 Å². The third kappa shape index (κ3) is 3.16. The number of carbonyl (C=O) groups excluding carboxylic acids is 2. The molecule has 0 saturated carbocycles. The van der Waals surface area contributed by atoms with Crippen LogP contribution in [0.4, 0.5) is 0 Å². The minimum Gasteiger partial charge on any atom is -0.331 e. The Balaban J connectivity index is 1.65. The largest absolute Gasteiger partial charge is 0.331 e. The number of hydrogen-bond donors (Lipinski definition) is 1. The Bertz CT molecular complexity index is 509. The van der Waals surface area contributed by atoms with Crippen LogP contribution in [-0.4, -0.2) is 41.8 Å². The second-order valence-corrected chi connectivity index (χ2v) is 5.97. The van der Waals surface area contributed by atoms with Gasteiger partial charge in [0.15, 0.2) is 5.78 Å². The van der Waals surface area contributed by atoms with Crippen molar-refractivity contribution in [2.75, 3.05) is 13.1 Å². The van der Waals surface area contributed by atoms with E-state index in [0.717, 1.165) is 44.3 Å². The van der Waals surface area contributed by atoms with Crippen molar-refractivity contribution in [3.05, 3.63) is 35.9 Å². The Labute approximate surface area is 125 Å².